The van der Waals surface area contributed by atoms with Crippen LogP contribution in [0.2, 0.25) is 0 Å². The van der Waals surface area contributed by atoms with Crippen LogP contribution in [0.4, 0.5) is 0 Å². The first-order valence-corrected chi connectivity index (χ1v) is 5.08. The molecule has 0 saturated carbocycles. The van der Waals surface area contributed by atoms with Gasteiger partial charge in [-0.25, -0.2) is 0 Å². The zero-order chi connectivity index (χ0) is 11.8. The highest BCUT2D eigenvalue weighted by Gasteiger charge is 2.28. The fourth-order valence-corrected chi connectivity index (χ4v) is 1.70. The van der Waals surface area contributed by atoms with Crippen molar-refractivity contribution in [1.29, 1.82) is 0 Å². The maximum Gasteiger partial charge on any atom is 0.323 e. The number of nitrogens with one attached hydrogen (secondary N) is 1. The molecule has 1 atom stereocenters. The molecule has 0 bridgehead atoms. The van der Waals surface area contributed by atoms with E-state index in [1.807, 2.05) is 30.3 Å². The number of aliphatic carboxylic acids is 1. The number of nitrogens with two attached hydrogens (primary N) is 1. The largest absolute Gasteiger partial charge is 0.480 e. The fourth-order valence-electron chi connectivity index (χ4n) is 1.70. The summed E-state index contributed by atoms with van der Waals surface area (Å²) in [5, 5.41) is 10.0. The number of aromatic nitrogens is 1. The van der Waals surface area contributed by atoms with Gasteiger partial charge in [0.05, 0.1) is 0 Å². The molecule has 1 aromatic heterocycles. The van der Waals surface area contributed by atoms with Crippen molar-refractivity contribution in [2.75, 3.05) is 0 Å². The fraction of sp³-hybridized carbons (Fsp3) is 0.250. The summed E-state index contributed by atoms with van der Waals surface area (Å²) in [4.78, 5) is 14.1. The molecule has 2 rings (SSSR count). The van der Waals surface area contributed by atoms with Crippen LogP contribution in [0.1, 0.15) is 12.6 Å². The molecule has 84 valence electrons. The number of rotatable bonds is 3. The molecule has 0 radical (unpaired) electrons. The molecule has 4 nitrogen and oxygen atoms in total. The van der Waals surface area contributed by atoms with Gasteiger partial charge in [-0.15, -0.1) is 0 Å². The van der Waals surface area contributed by atoms with Crippen LogP contribution in [0.15, 0.2) is 30.3 Å². The van der Waals surface area contributed by atoms with Crippen molar-refractivity contribution in [2.45, 2.75) is 18.9 Å². The number of H-pyrrole nitrogens is 1. The first kappa shape index (κ1) is 10.7. The Morgan fingerprint density at radius 2 is 2.19 bits per heavy atom. The van der Waals surface area contributed by atoms with Gasteiger partial charge in [0.25, 0.3) is 0 Å². The predicted molar refractivity (Wildman–Crippen MR) is 62.2 cm³/mol. The number of fused-ring (bicyclic) bond motifs is 1. The third-order valence-corrected chi connectivity index (χ3v) is 2.63. The average molecular weight is 218 g/mol. The number of carboxylic acid groups (broad SMARTS) is 1. The van der Waals surface area contributed by atoms with E-state index in [1.54, 1.807) is 0 Å². The highest BCUT2D eigenvalue weighted by atomic mass is 16.4. The molecular weight excluding hydrogens is 204 g/mol. The number of hydrogen-bond acceptors (Lipinski definition) is 2. The first-order valence-electron chi connectivity index (χ1n) is 5.08. The first-order chi connectivity index (χ1) is 7.49. The van der Waals surface area contributed by atoms with E-state index >= 15 is 0 Å². The van der Waals surface area contributed by atoms with Crippen LogP contribution < -0.4 is 5.73 Å². The lowest BCUT2D eigenvalue weighted by molar-refractivity contribution is -0.142. The van der Waals surface area contributed by atoms with Crippen LogP contribution in [0.25, 0.3) is 10.9 Å². The van der Waals surface area contributed by atoms with E-state index in [1.165, 1.54) is 6.92 Å². The molecule has 4 heteroatoms. The summed E-state index contributed by atoms with van der Waals surface area (Å²) < 4.78 is 0. The number of carbonyl (C=O) groups is 1. The molecule has 0 amide bonds. The second-order valence-corrected chi connectivity index (χ2v) is 4.28. The lowest BCUT2D eigenvalue weighted by Gasteiger charge is -2.17. The van der Waals surface area contributed by atoms with Gasteiger partial charge in [0.2, 0.25) is 0 Å². The Labute approximate surface area is 93.1 Å². The van der Waals surface area contributed by atoms with Crippen molar-refractivity contribution in [3.05, 3.63) is 36.0 Å². The standard InChI is InChI=1S/C12H14N2O2/c1-12(13,11(15)16)7-9-6-8-4-2-3-5-10(8)14-9/h2-6,14H,7,13H2,1H3,(H,15,16)/t12-/m1/s1. The van der Waals surface area contributed by atoms with Crippen LogP contribution in [0.3, 0.4) is 0 Å². The zero-order valence-electron chi connectivity index (χ0n) is 9.03. The Hall–Kier alpha value is -1.81. The average Bonchev–Trinajstić information content (AvgIpc) is 2.58. The minimum Gasteiger partial charge on any atom is -0.480 e. The molecule has 0 aliphatic heterocycles. The molecule has 4 N–H and O–H groups in total. The van der Waals surface area contributed by atoms with E-state index in [0.717, 1.165) is 16.6 Å². The van der Waals surface area contributed by atoms with E-state index in [4.69, 9.17) is 10.8 Å². The van der Waals surface area contributed by atoms with Gasteiger partial charge in [0.15, 0.2) is 0 Å². The molecule has 16 heavy (non-hydrogen) atoms. The topological polar surface area (TPSA) is 79.1 Å². The summed E-state index contributed by atoms with van der Waals surface area (Å²) in [6, 6.07) is 9.74. The van der Waals surface area contributed by atoms with Crippen molar-refractivity contribution in [3.8, 4) is 0 Å². The number of aromatic amines is 1. The lowest BCUT2D eigenvalue weighted by Crippen LogP contribution is -2.46. The van der Waals surface area contributed by atoms with Crippen LogP contribution in [-0.4, -0.2) is 21.6 Å². The predicted octanol–water partition coefficient (Wildman–Crippen LogP) is 1.51. The second kappa shape index (κ2) is 3.64. The van der Waals surface area contributed by atoms with E-state index in [9.17, 15) is 4.79 Å². The molecule has 0 unspecified atom stereocenters. The maximum absolute atomic E-state index is 10.9. The Bertz CT molecular complexity index is 496. The summed E-state index contributed by atoms with van der Waals surface area (Å²) in [5.41, 5.74) is 6.30. The third kappa shape index (κ3) is 1.92. The van der Waals surface area contributed by atoms with Gasteiger partial charge >= 0.3 is 5.97 Å². The van der Waals surface area contributed by atoms with E-state index in [0.29, 0.717) is 0 Å². The maximum atomic E-state index is 10.9. The molecule has 1 aromatic carbocycles. The van der Waals surface area contributed by atoms with Crippen LogP contribution in [0.5, 0.6) is 0 Å². The Morgan fingerprint density at radius 1 is 1.50 bits per heavy atom. The number of hydrogen-bond donors (Lipinski definition) is 3. The SMILES string of the molecule is C[C@@](N)(Cc1cc2ccccc2[nH]1)C(=O)O. The Morgan fingerprint density at radius 3 is 2.81 bits per heavy atom. The Balaban J connectivity index is 2.32. The van der Waals surface area contributed by atoms with Gasteiger partial charge in [-0.2, -0.15) is 0 Å². The number of benzene rings is 1. The van der Waals surface area contributed by atoms with Gasteiger partial charge in [-0.1, -0.05) is 18.2 Å². The molecule has 0 spiro atoms. The highest BCUT2D eigenvalue weighted by Crippen LogP contribution is 2.18. The molecule has 2 aromatic rings. The highest BCUT2D eigenvalue weighted by molar-refractivity contribution is 5.81. The molecule has 0 fully saturated rings. The summed E-state index contributed by atoms with van der Waals surface area (Å²) in [7, 11) is 0. The van der Waals surface area contributed by atoms with E-state index in [-0.39, 0.29) is 6.42 Å². The Kier molecular flexibility index (Phi) is 2.44. The van der Waals surface area contributed by atoms with Gasteiger partial charge in [-0.05, 0) is 24.4 Å². The van der Waals surface area contributed by atoms with E-state index < -0.39 is 11.5 Å². The van der Waals surface area contributed by atoms with Crippen molar-refractivity contribution in [3.63, 3.8) is 0 Å². The molecule has 0 aliphatic carbocycles. The van der Waals surface area contributed by atoms with Crippen molar-refractivity contribution in [1.82, 2.24) is 4.98 Å². The zero-order valence-corrected chi connectivity index (χ0v) is 9.03. The monoisotopic (exact) mass is 218 g/mol. The van der Waals surface area contributed by atoms with Gasteiger partial charge in [-0.3, -0.25) is 4.79 Å². The quantitative estimate of drug-likeness (QED) is 0.730. The van der Waals surface area contributed by atoms with Crippen LogP contribution in [-0.2, 0) is 11.2 Å². The minimum absolute atomic E-state index is 0.289. The third-order valence-electron chi connectivity index (χ3n) is 2.63. The second-order valence-electron chi connectivity index (χ2n) is 4.28. The summed E-state index contributed by atoms with van der Waals surface area (Å²) in [6.07, 6.45) is 0.289. The number of para-hydroxylation sites is 1. The van der Waals surface area contributed by atoms with Crippen LogP contribution >= 0.6 is 0 Å². The van der Waals surface area contributed by atoms with Crippen molar-refractivity contribution >= 4 is 16.9 Å². The molecular formula is C12H14N2O2. The normalized spacial score (nSPS) is 14.9. The smallest absolute Gasteiger partial charge is 0.323 e. The van der Waals surface area contributed by atoms with Gasteiger partial charge < -0.3 is 15.8 Å². The summed E-state index contributed by atoms with van der Waals surface area (Å²) in [5.74, 6) is -0.994. The minimum atomic E-state index is -1.24. The summed E-state index contributed by atoms with van der Waals surface area (Å²) in [6.45, 7) is 1.51. The molecule has 0 aliphatic rings. The van der Waals surface area contributed by atoms with Crippen LogP contribution in [0, 0.1) is 0 Å². The summed E-state index contributed by atoms with van der Waals surface area (Å²) >= 11 is 0. The molecule has 1 heterocycles. The van der Waals surface area contributed by atoms with E-state index in [2.05, 4.69) is 4.98 Å². The van der Waals surface area contributed by atoms with Gasteiger partial charge in [0, 0.05) is 17.6 Å². The van der Waals surface area contributed by atoms with Crippen molar-refractivity contribution in [2.24, 2.45) is 5.73 Å². The lowest BCUT2D eigenvalue weighted by atomic mass is 9.97. The molecule has 0 saturated heterocycles. The van der Waals surface area contributed by atoms with Gasteiger partial charge in [0.1, 0.15) is 5.54 Å². The number of carboxylic acids is 1. The van der Waals surface area contributed by atoms with Crippen molar-refractivity contribution < 1.29 is 9.90 Å².